The van der Waals surface area contributed by atoms with E-state index in [0.29, 0.717) is 12.0 Å². The highest BCUT2D eigenvalue weighted by atomic mass is 19.4. The molecule has 0 amide bonds. The van der Waals surface area contributed by atoms with Crippen molar-refractivity contribution < 1.29 is 27.8 Å². The van der Waals surface area contributed by atoms with Crippen LogP contribution >= 0.6 is 0 Å². The van der Waals surface area contributed by atoms with Gasteiger partial charge in [0.1, 0.15) is 11.5 Å². The van der Waals surface area contributed by atoms with Crippen LogP contribution in [0.5, 0.6) is 17.5 Å². The maximum atomic E-state index is 13.5. The van der Waals surface area contributed by atoms with Crippen molar-refractivity contribution >= 4 is 11.2 Å². The minimum Gasteiger partial charge on any atom is -0.425 e. The number of pyridine rings is 1. The number of rotatable bonds is 10. The monoisotopic (exact) mass is 533 g/mol. The van der Waals surface area contributed by atoms with E-state index in [1.54, 1.807) is 12.3 Å². The van der Waals surface area contributed by atoms with Crippen molar-refractivity contribution in [1.82, 2.24) is 23.7 Å². The molecule has 3 heterocycles. The molecule has 4 aromatic rings. The van der Waals surface area contributed by atoms with Crippen molar-refractivity contribution in [3.63, 3.8) is 0 Å². The second kappa shape index (κ2) is 11.1. The Labute approximate surface area is 214 Å². The van der Waals surface area contributed by atoms with Gasteiger partial charge in [-0.2, -0.15) is 4.98 Å². The molecule has 10 nitrogen and oxygen atoms in total. The summed E-state index contributed by atoms with van der Waals surface area (Å²) in [6, 6.07) is 8.40. The number of halogens is 3. The smallest absolute Gasteiger partial charge is 0.425 e. The lowest BCUT2D eigenvalue weighted by Gasteiger charge is -2.13. The molecule has 1 N–H and O–H groups in total. The van der Waals surface area contributed by atoms with E-state index >= 15 is 0 Å². The van der Waals surface area contributed by atoms with E-state index in [-0.39, 0.29) is 55.6 Å². The number of aliphatic hydroxyl groups is 1. The highest BCUT2D eigenvalue weighted by Gasteiger charge is 2.31. The molecule has 0 aliphatic carbocycles. The van der Waals surface area contributed by atoms with E-state index in [1.165, 1.54) is 21.3 Å². The number of aryl methyl sites for hydroxylation is 2. The van der Waals surface area contributed by atoms with Gasteiger partial charge in [0.05, 0.1) is 6.54 Å². The topological polar surface area (TPSA) is 113 Å². The zero-order chi connectivity index (χ0) is 27.4. The molecule has 0 saturated heterocycles. The lowest BCUT2D eigenvalue weighted by Crippen LogP contribution is -2.41. The summed E-state index contributed by atoms with van der Waals surface area (Å²) in [6.45, 7) is 3.81. The van der Waals surface area contributed by atoms with Gasteiger partial charge in [-0.1, -0.05) is 19.1 Å². The molecule has 202 valence electrons. The third-order valence-electron chi connectivity index (χ3n) is 5.63. The van der Waals surface area contributed by atoms with Gasteiger partial charge < -0.3 is 14.6 Å². The van der Waals surface area contributed by atoms with Gasteiger partial charge in [0.15, 0.2) is 11.2 Å². The maximum Gasteiger partial charge on any atom is 0.573 e. The van der Waals surface area contributed by atoms with Crippen LogP contribution in [0, 0.1) is 6.92 Å². The summed E-state index contributed by atoms with van der Waals surface area (Å²) < 4.78 is 51.9. The predicted octanol–water partition coefficient (Wildman–Crippen LogP) is 3.59. The Morgan fingerprint density at radius 1 is 1.03 bits per heavy atom. The van der Waals surface area contributed by atoms with Crippen LogP contribution in [0.25, 0.3) is 11.2 Å². The second-order valence-electron chi connectivity index (χ2n) is 8.55. The van der Waals surface area contributed by atoms with Crippen LogP contribution in [0.1, 0.15) is 31.0 Å². The highest BCUT2D eigenvalue weighted by molar-refractivity contribution is 5.72. The molecule has 38 heavy (non-hydrogen) atoms. The molecule has 1 aromatic carbocycles. The summed E-state index contributed by atoms with van der Waals surface area (Å²) in [6.07, 6.45) is -2.51. The summed E-state index contributed by atoms with van der Waals surface area (Å²) in [5.74, 6) is -0.509. The van der Waals surface area contributed by atoms with Crippen molar-refractivity contribution in [2.75, 3.05) is 6.61 Å². The molecule has 0 aliphatic heterocycles. The summed E-state index contributed by atoms with van der Waals surface area (Å²) in [4.78, 5) is 35.4. The fourth-order valence-corrected chi connectivity index (χ4v) is 3.96. The number of benzene rings is 1. The molecule has 0 unspecified atom stereocenters. The number of aromatic nitrogens is 5. The van der Waals surface area contributed by atoms with E-state index in [1.807, 2.05) is 19.9 Å². The van der Waals surface area contributed by atoms with Crippen molar-refractivity contribution in [2.45, 2.75) is 52.7 Å². The molecule has 4 rings (SSSR count). The Kier molecular flexibility index (Phi) is 7.86. The van der Waals surface area contributed by atoms with Gasteiger partial charge in [0, 0.05) is 37.7 Å². The van der Waals surface area contributed by atoms with Gasteiger partial charge in [0.2, 0.25) is 0 Å². The van der Waals surface area contributed by atoms with E-state index in [4.69, 9.17) is 4.74 Å². The number of aliphatic hydroxyl groups excluding tert-OH is 1. The van der Waals surface area contributed by atoms with Crippen LogP contribution in [0.3, 0.4) is 0 Å². The molecule has 0 atom stereocenters. The van der Waals surface area contributed by atoms with Crippen LogP contribution in [0.2, 0.25) is 0 Å². The van der Waals surface area contributed by atoms with Gasteiger partial charge in [-0.05, 0) is 43.5 Å². The fraction of sp³-hybridized carbons (Fsp3) is 0.360. The first-order valence-corrected chi connectivity index (χ1v) is 11.9. The standard InChI is InChI=1S/C25H26F3N5O5/c1-3-10-31-21-20(22(35)32(24(31)36)11-5-12-34)33(15-17-9-8-16(2)29-14-17)23(30-21)37-18-6-4-7-19(13-18)38-25(26,27)28/h4,6-9,13-14,34H,3,5,10-12,15H2,1-2H3. The average molecular weight is 534 g/mol. The van der Waals surface area contributed by atoms with E-state index in [2.05, 4.69) is 14.7 Å². The summed E-state index contributed by atoms with van der Waals surface area (Å²) in [5.41, 5.74) is 0.442. The van der Waals surface area contributed by atoms with E-state index in [9.17, 15) is 27.9 Å². The number of alkyl halides is 3. The largest absolute Gasteiger partial charge is 0.573 e. The Hall–Kier alpha value is -4.13. The molecule has 0 aliphatic rings. The number of ether oxygens (including phenoxy) is 2. The molecule has 0 bridgehead atoms. The van der Waals surface area contributed by atoms with Crippen LogP contribution in [0.4, 0.5) is 13.2 Å². The lowest BCUT2D eigenvalue weighted by molar-refractivity contribution is -0.274. The summed E-state index contributed by atoms with van der Waals surface area (Å²) in [7, 11) is 0. The molecule has 0 fully saturated rings. The van der Waals surface area contributed by atoms with Gasteiger partial charge in [0.25, 0.3) is 5.56 Å². The number of imidazole rings is 1. The van der Waals surface area contributed by atoms with Crippen molar-refractivity contribution in [1.29, 1.82) is 0 Å². The number of hydrogen-bond donors (Lipinski definition) is 1. The fourth-order valence-electron chi connectivity index (χ4n) is 3.96. The molecule has 0 spiro atoms. The molecular formula is C25H26F3N5O5. The van der Waals surface area contributed by atoms with Gasteiger partial charge in [-0.15, -0.1) is 13.2 Å². The van der Waals surface area contributed by atoms with E-state index < -0.39 is 23.4 Å². The minimum atomic E-state index is -4.89. The van der Waals surface area contributed by atoms with Gasteiger partial charge >= 0.3 is 18.1 Å². The molecular weight excluding hydrogens is 507 g/mol. The molecule has 13 heteroatoms. The van der Waals surface area contributed by atoms with Crippen LogP contribution < -0.4 is 20.7 Å². The third kappa shape index (κ3) is 5.88. The second-order valence-corrected chi connectivity index (χ2v) is 8.55. The van der Waals surface area contributed by atoms with Crippen molar-refractivity contribution in [3.05, 3.63) is 74.7 Å². The van der Waals surface area contributed by atoms with Crippen LogP contribution in [0.15, 0.2) is 52.2 Å². The Bertz CT molecular complexity index is 1540. The Balaban J connectivity index is 1.91. The van der Waals surface area contributed by atoms with Crippen molar-refractivity contribution in [3.8, 4) is 17.5 Å². The summed E-state index contributed by atoms with van der Waals surface area (Å²) >= 11 is 0. The molecule has 0 saturated carbocycles. The highest BCUT2D eigenvalue weighted by Crippen LogP contribution is 2.30. The number of fused-ring (bicyclic) bond motifs is 1. The van der Waals surface area contributed by atoms with Gasteiger partial charge in [-0.3, -0.25) is 23.5 Å². The minimum absolute atomic E-state index is 0.00188. The quantitative estimate of drug-likeness (QED) is 0.331. The summed E-state index contributed by atoms with van der Waals surface area (Å²) in [5, 5.41) is 9.28. The SMILES string of the molecule is CCCn1c(=O)n(CCCO)c(=O)c2c1nc(Oc1cccc(OC(F)(F)F)c1)n2Cc1ccc(C)nc1. The first-order chi connectivity index (χ1) is 18.1. The Morgan fingerprint density at radius 2 is 1.79 bits per heavy atom. The maximum absolute atomic E-state index is 13.5. The number of nitrogens with zero attached hydrogens (tertiary/aromatic N) is 5. The zero-order valence-corrected chi connectivity index (χ0v) is 20.7. The van der Waals surface area contributed by atoms with Crippen LogP contribution in [-0.4, -0.2) is 41.7 Å². The molecule has 0 radical (unpaired) electrons. The third-order valence-corrected chi connectivity index (χ3v) is 5.63. The average Bonchev–Trinajstić information content (AvgIpc) is 3.20. The first-order valence-electron chi connectivity index (χ1n) is 11.9. The first kappa shape index (κ1) is 26.9. The van der Waals surface area contributed by atoms with Crippen LogP contribution in [-0.2, 0) is 19.6 Å². The van der Waals surface area contributed by atoms with Crippen molar-refractivity contribution in [2.24, 2.45) is 0 Å². The normalized spacial score (nSPS) is 11.7. The number of hydrogen-bond acceptors (Lipinski definition) is 7. The molecule has 3 aromatic heterocycles. The zero-order valence-electron chi connectivity index (χ0n) is 20.7. The Morgan fingerprint density at radius 3 is 2.45 bits per heavy atom. The lowest BCUT2D eigenvalue weighted by atomic mass is 10.2. The van der Waals surface area contributed by atoms with Gasteiger partial charge in [-0.25, -0.2) is 4.79 Å². The predicted molar refractivity (Wildman–Crippen MR) is 132 cm³/mol. The van der Waals surface area contributed by atoms with E-state index in [0.717, 1.165) is 22.4 Å².